The van der Waals surface area contributed by atoms with Gasteiger partial charge in [-0.2, -0.15) is 16.8 Å². The van der Waals surface area contributed by atoms with Crippen molar-refractivity contribution >= 4 is 30.1 Å². The van der Waals surface area contributed by atoms with Crippen molar-refractivity contribution in [2.45, 2.75) is 22.6 Å². The molecule has 0 radical (unpaired) electrons. The van der Waals surface area contributed by atoms with E-state index >= 15 is 0 Å². The first-order chi connectivity index (χ1) is 14.4. The average Bonchev–Trinajstić information content (AvgIpc) is 2.68. The minimum Gasteiger partial charge on any atom is -1.00 e. The standard InChI is InChI=1S/C18H22O10S3.2Na.2H/c19-29(20,21)13-1-11-27-15-3-7-17(8-4-15)31(25,26)18-9-5-16(6-10-18)28-12-2-14-30(22,23)24;;;;/h3-10H,1-2,11-14H2,(H,19,20,21)(H,22,23,24);;;;/q;2*+1;2*-1. The predicted molar refractivity (Wildman–Crippen MR) is 114 cm³/mol. The van der Waals surface area contributed by atoms with Crippen molar-refractivity contribution in [3.05, 3.63) is 48.5 Å². The molecular weight excluding hydrogens is 518 g/mol. The maximum absolute atomic E-state index is 12.7. The van der Waals surface area contributed by atoms with Crippen LogP contribution in [0.25, 0.3) is 0 Å². The quantitative estimate of drug-likeness (QED) is 0.154. The number of benzene rings is 2. The molecule has 0 saturated carbocycles. The zero-order valence-corrected chi connectivity index (χ0v) is 24.7. The van der Waals surface area contributed by atoms with Crippen LogP contribution in [0.4, 0.5) is 0 Å². The second kappa shape index (κ2) is 14.4. The molecule has 0 amide bonds. The van der Waals surface area contributed by atoms with Gasteiger partial charge >= 0.3 is 59.1 Å². The minimum atomic E-state index is -4.05. The SMILES string of the molecule is O=S(=O)(O)CCCOc1ccc(S(=O)(=O)c2ccc(OCCCS(=O)(=O)O)cc2)cc1.[H-].[H-].[Na+].[Na+]. The average molecular weight is 543 g/mol. The van der Waals surface area contributed by atoms with Crippen molar-refractivity contribution in [1.82, 2.24) is 0 Å². The van der Waals surface area contributed by atoms with Gasteiger partial charge in [-0.3, -0.25) is 9.11 Å². The zero-order valence-electron chi connectivity index (χ0n) is 20.2. The first-order valence-corrected chi connectivity index (χ1v) is 13.7. The number of sulfone groups is 1. The molecule has 0 aromatic heterocycles. The fourth-order valence-corrected chi connectivity index (χ4v) is 4.66. The summed E-state index contributed by atoms with van der Waals surface area (Å²) in [7, 11) is -11.9. The molecule has 176 valence electrons. The Morgan fingerprint density at radius 3 is 1.18 bits per heavy atom. The molecule has 15 heteroatoms. The molecule has 2 rings (SSSR count). The summed E-state index contributed by atoms with van der Waals surface area (Å²) in [6.07, 6.45) is 0.173. The van der Waals surface area contributed by atoms with Crippen molar-refractivity contribution < 1.29 is 106 Å². The van der Waals surface area contributed by atoms with E-state index in [4.69, 9.17) is 18.6 Å². The van der Waals surface area contributed by atoms with Crippen LogP contribution in [0.2, 0.25) is 0 Å². The summed E-state index contributed by atoms with van der Waals surface area (Å²) >= 11 is 0. The Balaban J connectivity index is -0.00000256. The fourth-order valence-electron chi connectivity index (χ4n) is 2.43. The van der Waals surface area contributed by atoms with Crippen LogP contribution < -0.4 is 68.6 Å². The smallest absolute Gasteiger partial charge is 1.00 e. The van der Waals surface area contributed by atoms with E-state index in [1.165, 1.54) is 48.5 Å². The summed E-state index contributed by atoms with van der Waals surface area (Å²) in [5.41, 5.74) is 0. The number of hydrogen-bond acceptors (Lipinski definition) is 8. The van der Waals surface area contributed by atoms with Crippen molar-refractivity contribution in [1.29, 1.82) is 0 Å². The van der Waals surface area contributed by atoms with E-state index in [0.717, 1.165) is 0 Å². The van der Waals surface area contributed by atoms with E-state index in [1.807, 2.05) is 0 Å². The van der Waals surface area contributed by atoms with Gasteiger partial charge in [0.05, 0.1) is 34.5 Å². The molecule has 33 heavy (non-hydrogen) atoms. The second-order valence-corrected chi connectivity index (χ2v) is 11.5. The van der Waals surface area contributed by atoms with Crippen LogP contribution in [-0.4, -0.2) is 59.1 Å². The van der Waals surface area contributed by atoms with Gasteiger partial charge in [-0.25, -0.2) is 8.42 Å². The Bertz CT molecular complexity index is 1100. The molecule has 0 atom stereocenters. The largest absolute Gasteiger partial charge is 1.00 e. The first-order valence-electron chi connectivity index (χ1n) is 8.98. The van der Waals surface area contributed by atoms with Gasteiger partial charge in [0.2, 0.25) is 9.84 Å². The maximum Gasteiger partial charge on any atom is 1.00 e. The summed E-state index contributed by atoms with van der Waals surface area (Å²) in [6, 6.07) is 11.2. The second-order valence-electron chi connectivity index (χ2n) is 6.42. The number of hydrogen-bond donors (Lipinski definition) is 2. The predicted octanol–water partition coefficient (Wildman–Crippen LogP) is -3.93. The number of ether oxygens (including phenoxy) is 2. The third-order valence-electron chi connectivity index (χ3n) is 3.90. The molecule has 0 aliphatic heterocycles. The van der Waals surface area contributed by atoms with Gasteiger partial charge in [0.15, 0.2) is 0 Å². The maximum atomic E-state index is 12.7. The molecule has 0 aliphatic carbocycles. The van der Waals surface area contributed by atoms with Crippen LogP contribution in [0, 0.1) is 0 Å². The molecule has 10 nitrogen and oxygen atoms in total. The normalized spacial score (nSPS) is 11.7. The van der Waals surface area contributed by atoms with Crippen molar-refractivity contribution in [3.8, 4) is 11.5 Å². The van der Waals surface area contributed by atoms with Crippen molar-refractivity contribution in [2.75, 3.05) is 24.7 Å². The van der Waals surface area contributed by atoms with E-state index in [2.05, 4.69) is 0 Å². The third kappa shape index (κ3) is 12.4. The Morgan fingerprint density at radius 2 is 0.909 bits per heavy atom. The summed E-state index contributed by atoms with van der Waals surface area (Å²) < 4.78 is 96.0. The summed E-state index contributed by atoms with van der Waals surface area (Å²) in [5, 5.41) is 0. The van der Waals surface area contributed by atoms with Crippen LogP contribution in [0.5, 0.6) is 11.5 Å². The molecule has 0 spiro atoms. The molecular formula is C18H24Na2O10S3. The van der Waals surface area contributed by atoms with Crippen LogP contribution in [0.1, 0.15) is 15.7 Å². The Hall–Kier alpha value is -0.190. The van der Waals surface area contributed by atoms with Crippen LogP contribution in [-0.2, 0) is 30.1 Å². The first kappa shape index (κ1) is 32.8. The molecule has 0 heterocycles. The summed E-state index contributed by atoms with van der Waals surface area (Å²) in [6.45, 7) is 0.0785. The van der Waals surface area contributed by atoms with E-state index in [0.29, 0.717) is 11.5 Å². The van der Waals surface area contributed by atoms with Gasteiger partial charge in [0.25, 0.3) is 20.2 Å². The van der Waals surface area contributed by atoms with Crippen molar-refractivity contribution in [3.63, 3.8) is 0 Å². The number of rotatable bonds is 12. The van der Waals surface area contributed by atoms with Crippen LogP contribution in [0.3, 0.4) is 0 Å². The molecule has 0 unspecified atom stereocenters. The Labute approximate surface area is 241 Å². The third-order valence-corrected chi connectivity index (χ3v) is 7.29. The van der Waals surface area contributed by atoms with Gasteiger partial charge in [0.1, 0.15) is 11.5 Å². The zero-order chi connectivity index (χ0) is 23.1. The van der Waals surface area contributed by atoms with Crippen molar-refractivity contribution in [2.24, 2.45) is 0 Å². The molecule has 0 fully saturated rings. The van der Waals surface area contributed by atoms with Crippen LogP contribution >= 0.6 is 0 Å². The van der Waals surface area contributed by atoms with Gasteiger partial charge in [0, 0.05) is 0 Å². The fraction of sp³-hybridized carbons (Fsp3) is 0.333. The molecule has 0 aliphatic rings. The topological polar surface area (TPSA) is 161 Å². The van der Waals surface area contributed by atoms with Gasteiger partial charge in [-0.1, -0.05) is 0 Å². The summed E-state index contributed by atoms with van der Waals surface area (Å²) in [5.74, 6) is -0.162. The van der Waals surface area contributed by atoms with Gasteiger partial charge < -0.3 is 12.3 Å². The molecule has 2 aromatic carbocycles. The van der Waals surface area contributed by atoms with Gasteiger partial charge in [-0.05, 0) is 61.4 Å². The Kier molecular flexibility index (Phi) is 14.3. The molecule has 0 bridgehead atoms. The monoisotopic (exact) mass is 542 g/mol. The Morgan fingerprint density at radius 1 is 0.606 bits per heavy atom. The minimum absolute atomic E-state index is 0. The molecule has 0 saturated heterocycles. The molecule has 2 N–H and O–H groups in total. The van der Waals surface area contributed by atoms with E-state index in [9.17, 15) is 25.3 Å². The van der Waals surface area contributed by atoms with Crippen LogP contribution in [0.15, 0.2) is 58.3 Å². The van der Waals surface area contributed by atoms with E-state index in [-0.39, 0.29) is 97.8 Å². The van der Waals surface area contributed by atoms with E-state index < -0.39 is 41.6 Å². The van der Waals surface area contributed by atoms with E-state index in [1.54, 1.807) is 0 Å². The molecule has 2 aromatic rings. The van der Waals surface area contributed by atoms with Gasteiger partial charge in [-0.15, -0.1) is 0 Å². The summed E-state index contributed by atoms with van der Waals surface area (Å²) in [4.78, 5) is 0.0548.